The van der Waals surface area contributed by atoms with Gasteiger partial charge in [-0.1, -0.05) is 11.6 Å². The van der Waals surface area contributed by atoms with Crippen LogP contribution in [0.25, 0.3) is 0 Å². The van der Waals surface area contributed by atoms with Gasteiger partial charge in [0.15, 0.2) is 6.10 Å². The third-order valence-electron chi connectivity index (χ3n) is 3.37. The van der Waals surface area contributed by atoms with Gasteiger partial charge in [0.1, 0.15) is 5.75 Å². The predicted molar refractivity (Wildman–Crippen MR) is 83.0 cm³/mol. The molecule has 0 saturated carbocycles. The first-order chi connectivity index (χ1) is 12.1. The maximum absolute atomic E-state index is 12.9. The molecule has 1 amide bonds. The quantitative estimate of drug-likeness (QED) is 0.746. The molecule has 1 heterocycles. The molecule has 0 saturated heterocycles. The van der Waals surface area contributed by atoms with Gasteiger partial charge in [0.25, 0.3) is 5.91 Å². The molecule has 4 nitrogen and oxygen atoms in total. The highest BCUT2D eigenvalue weighted by atomic mass is 35.5. The van der Waals surface area contributed by atoms with Gasteiger partial charge >= 0.3 is 12.8 Å². The number of nitrogens with one attached hydrogen (secondary N) is 1. The Bertz CT molecular complexity index is 733. The van der Waals surface area contributed by atoms with Crippen molar-refractivity contribution in [2.24, 2.45) is 0 Å². The van der Waals surface area contributed by atoms with Crippen molar-refractivity contribution in [1.82, 2.24) is 5.32 Å². The highest BCUT2D eigenvalue weighted by molar-refractivity contribution is 6.30. The lowest BCUT2D eigenvalue weighted by molar-refractivity contribution is -0.138. The van der Waals surface area contributed by atoms with Gasteiger partial charge in [-0.15, -0.1) is 0 Å². The molecule has 1 aliphatic rings. The Morgan fingerprint density at radius 1 is 1.31 bits per heavy atom. The van der Waals surface area contributed by atoms with E-state index in [1.54, 1.807) is 0 Å². The van der Waals surface area contributed by atoms with Crippen LogP contribution in [0.1, 0.15) is 22.8 Å². The van der Waals surface area contributed by atoms with Crippen LogP contribution in [0.3, 0.4) is 0 Å². The Morgan fingerprint density at radius 3 is 2.58 bits per heavy atom. The second-order valence-electron chi connectivity index (χ2n) is 5.32. The Kier molecular flexibility index (Phi) is 6.12. The number of amides is 1. The zero-order valence-electron chi connectivity index (χ0n) is 13.2. The third kappa shape index (κ3) is 5.10. The van der Waals surface area contributed by atoms with E-state index < -0.39 is 47.7 Å². The fraction of sp³-hybridized carbons (Fsp3) is 0.312. The third-order valence-corrected chi connectivity index (χ3v) is 3.71. The SMILES string of the molecule is C[C@H](NC(=O)c1cc(OC(F)F)cc(C(F)(F)F)c1)C1OC=CC=C1Cl. The van der Waals surface area contributed by atoms with Crippen molar-refractivity contribution in [2.75, 3.05) is 0 Å². The minimum Gasteiger partial charge on any atom is -0.490 e. The molecule has 2 atom stereocenters. The summed E-state index contributed by atoms with van der Waals surface area (Å²) in [6.45, 7) is -1.80. The number of ether oxygens (including phenoxy) is 2. The number of hydrogen-bond donors (Lipinski definition) is 1. The molecule has 1 N–H and O–H groups in total. The summed E-state index contributed by atoms with van der Waals surface area (Å²) >= 11 is 5.96. The van der Waals surface area contributed by atoms with E-state index in [-0.39, 0.29) is 5.03 Å². The molecule has 1 aliphatic heterocycles. The monoisotopic (exact) mass is 397 g/mol. The van der Waals surface area contributed by atoms with Crippen LogP contribution >= 0.6 is 11.6 Å². The molecule has 10 heteroatoms. The summed E-state index contributed by atoms with van der Waals surface area (Å²) in [6.07, 6.45) is -1.15. The first-order valence-electron chi connectivity index (χ1n) is 7.23. The Morgan fingerprint density at radius 2 is 2.00 bits per heavy atom. The van der Waals surface area contributed by atoms with E-state index in [1.807, 2.05) is 0 Å². The van der Waals surface area contributed by atoms with Gasteiger partial charge in [-0.3, -0.25) is 4.79 Å². The van der Waals surface area contributed by atoms with Gasteiger partial charge in [0.05, 0.1) is 22.9 Å². The van der Waals surface area contributed by atoms with Crippen LogP contribution in [-0.4, -0.2) is 24.7 Å². The lowest BCUT2D eigenvalue weighted by Crippen LogP contribution is -2.42. The molecule has 1 aromatic rings. The largest absolute Gasteiger partial charge is 0.490 e. The molecule has 0 radical (unpaired) electrons. The molecule has 0 aromatic heterocycles. The fourth-order valence-electron chi connectivity index (χ4n) is 2.21. The number of carbonyl (C=O) groups is 1. The number of halogens is 6. The van der Waals surface area contributed by atoms with Crippen LogP contribution in [-0.2, 0) is 10.9 Å². The van der Waals surface area contributed by atoms with E-state index in [4.69, 9.17) is 16.3 Å². The molecule has 0 aliphatic carbocycles. The van der Waals surface area contributed by atoms with E-state index >= 15 is 0 Å². The second-order valence-corrected chi connectivity index (χ2v) is 5.76. The Labute approximate surface area is 150 Å². The smallest absolute Gasteiger partial charge is 0.416 e. The van der Waals surface area contributed by atoms with E-state index in [2.05, 4.69) is 10.1 Å². The molecular formula is C16H13ClF5NO3. The second kappa shape index (κ2) is 7.94. The van der Waals surface area contributed by atoms with Crippen molar-refractivity contribution < 1.29 is 36.2 Å². The summed E-state index contributed by atoms with van der Waals surface area (Å²) in [5.41, 5.74) is -1.78. The van der Waals surface area contributed by atoms with Gasteiger partial charge in [-0.2, -0.15) is 22.0 Å². The minimum absolute atomic E-state index is 0.283. The topological polar surface area (TPSA) is 47.6 Å². The first-order valence-corrected chi connectivity index (χ1v) is 7.61. The molecule has 1 unspecified atom stereocenters. The number of carbonyl (C=O) groups excluding carboxylic acids is 1. The van der Waals surface area contributed by atoms with Crippen molar-refractivity contribution in [3.05, 3.63) is 52.8 Å². The van der Waals surface area contributed by atoms with E-state index in [0.29, 0.717) is 12.1 Å². The summed E-state index contributed by atoms with van der Waals surface area (Å²) in [5.74, 6) is -1.70. The van der Waals surface area contributed by atoms with Crippen molar-refractivity contribution in [1.29, 1.82) is 0 Å². The average Bonchev–Trinajstić information content (AvgIpc) is 2.53. The van der Waals surface area contributed by atoms with E-state index in [9.17, 15) is 26.7 Å². The highest BCUT2D eigenvalue weighted by Gasteiger charge is 2.33. The lowest BCUT2D eigenvalue weighted by Gasteiger charge is -2.25. The predicted octanol–water partition coefficient (Wildman–Crippen LogP) is 4.46. The van der Waals surface area contributed by atoms with E-state index in [1.165, 1.54) is 25.3 Å². The Hall–Kier alpha value is -2.29. The van der Waals surface area contributed by atoms with Gasteiger partial charge < -0.3 is 14.8 Å². The zero-order chi connectivity index (χ0) is 19.5. The lowest BCUT2D eigenvalue weighted by atomic mass is 10.1. The molecule has 0 fully saturated rings. The highest BCUT2D eigenvalue weighted by Crippen LogP contribution is 2.33. The number of hydrogen-bond acceptors (Lipinski definition) is 3. The van der Waals surface area contributed by atoms with Gasteiger partial charge in [0, 0.05) is 5.56 Å². The van der Waals surface area contributed by atoms with Crippen molar-refractivity contribution in [2.45, 2.75) is 31.9 Å². The van der Waals surface area contributed by atoms with Crippen molar-refractivity contribution >= 4 is 17.5 Å². The fourth-order valence-corrected chi connectivity index (χ4v) is 2.52. The maximum atomic E-state index is 12.9. The minimum atomic E-state index is -4.84. The average molecular weight is 398 g/mol. The Balaban J connectivity index is 2.24. The summed E-state index contributed by atoms with van der Waals surface area (Å²) < 4.78 is 72.7. The number of benzene rings is 1. The molecular weight excluding hydrogens is 385 g/mol. The summed E-state index contributed by atoms with van der Waals surface area (Å²) in [7, 11) is 0. The molecule has 142 valence electrons. The van der Waals surface area contributed by atoms with Gasteiger partial charge in [-0.25, -0.2) is 0 Å². The van der Waals surface area contributed by atoms with Gasteiger partial charge in [0.2, 0.25) is 0 Å². The van der Waals surface area contributed by atoms with Crippen molar-refractivity contribution in [3.63, 3.8) is 0 Å². The van der Waals surface area contributed by atoms with Crippen molar-refractivity contribution in [3.8, 4) is 5.75 Å². The summed E-state index contributed by atoms with van der Waals surface area (Å²) in [4.78, 5) is 12.3. The molecule has 1 aromatic carbocycles. The number of rotatable bonds is 5. The number of allylic oxidation sites excluding steroid dienone is 2. The van der Waals surface area contributed by atoms with Crippen LogP contribution in [0.2, 0.25) is 0 Å². The van der Waals surface area contributed by atoms with E-state index in [0.717, 1.165) is 6.07 Å². The molecule has 0 spiro atoms. The molecule has 0 bridgehead atoms. The van der Waals surface area contributed by atoms with Crippen LogP contribution < -0.4 is 10.1 Å². The zero-order valence-corrected chi connectivity index (χ0v) is 13.9. The van der Waals surface area contributed by atoms with Crippen LogP contribution in [0, 0.1) is 0 Å². The first kappa shape index (κ1) is 20.0. The van der Waals surface area contributed by atoms with Crippen LogP contribution in [0.4, 0.5) is 22.0 Å². The summed E-state index contributed by atoms with van der Waals surface area (Å²) in [6, 6.07) is 1.02. The number of alkyl halides is 5. The maximum Gasteiger partial charge on any atom is 0.416 e. The molecule has 2 rings (SSSR count). The molecule has 26 heavy (non-hydrogen) atoms. The van der Waals surface area contributed by atoms with Crippen LogP contribution in [0.5, 0.6) is 5.75 Å². The summed E-state index contributed by atoms with van der Waals surface area (Å²) in [5, 5.41) is 2.71. The van der Waals surface area contributed by atoms with Crippen LogP contribution in [0.15, 0.2) is 41.6 Å². The normalized spacial score (nSPS) is 18.2. The van der Waals surface area contributed by atoms with Gasteiger partial charge in [-0.05, 0) is 37.3 Å². The standard InChI is InChI=1S/C16H13ClF5NO3/c1-8(13-12(17)3-2-4-25-13)23-14(24)9-5-10(16(20,21)22)7-11(6-9)26-15(18)19/h2-8,13,15H,1H3,(H,23,24)/t8-,13?/m0/s1.